The van der Waals surface area contributed by atoms with Crippen molar-refractivity contribution in [1.82, 2.24) is 50.4 Å². The van der Waals surface area contributed by atoms with Gasteiger partial charge in [0.15, 0.2) is 11.6 Å². The molecule has 13 heteroatoms. The van der Waals surface area contributed by atoms with Crippen LogP contribution in [0.4, 0.5) is 0 Å². The Morgan fingerprint density at radius 3 is 1.41 bits per heavy atom. The van der Waals surface area contributed by atoms with Gasteiger partial charge in [0.05, 0.1) is 0 Å². The van der Waals surface area contributed by atoms with Crippen molar-refractivity contribution < 1.29 is 15.4 Å². The molecule has 0 amide bonds. The quantitative estimate of drug-likeness (QED) is 0.352. The van der Waals surface area contributed by atoms with Crippen LogP contribution in [0.15, 0.2) is 48.8 Å². The van der Waals surface area contributed by atoms with Crippen molar-refractivity contribution >= 4 is 19.3 Å². The molecule has 0 spiro atoms. The van der Waals surface area contributed by atoms with Gasteiger partial charge in [-0.15, -0.1) is 10.2 Å². The molecule has 142 valence electrons. The van der Waals surface area contributed by atoms with Crippen molar-refractivity contribution in [3.63, 3.8) is 0 Å². The second-order valence-corrected chi connectivity index (χ2v) is 8.40. The molecule has 0 saturated carbocycles. The summed E-state index contributed by atoms with van der Waals surface area (Å²) in [5, 5.41) is 22.1. The first kappa shape index (κ1) is 21.0. The predicted molar refractivity (Wildman–Crippen MR) is 95.8 cm³/mol. The monoisotopic (exact) mass is 584 g/mol. The van der Waals surface area contributed by atoms with Gasteiger partial charge in [-0.3, -0.25) is 9.97 Å². The zero-order valence-corrected chi connectivity index (χ0v) is 18.3. The average Bonchev–Trinajstić information content (AvgIpc) is 3.32. The fraction of sp³-hybridized carbons (Fsp3) is 0.143. The van der Waals surface area contributed by atoms with Gasteiger partial charge in [-0.2, -0.15) is 0 Å². The van der Waals surface area contributed by atoms with E-state index in [1.807, 2.05) is 36.4 Å². The van der Waals surface area contributed by atoms with E-state index in [1.165, 1.54) is 0 Å². The van der Waals surface area contributed by atoms with Crippen LogP contribution in [-0.2, 0) is 29.5 Å². The first-order chi connectivity index (χ1) is 13.2. The third kappa shape index (κ3) is 6.39. The van der Waals surface area contributed by atoms with E-state index in [4.69, 9.17) is 19.3 Å². The molecule has 0 aliphatic carbocycles. The molecule has 4 rings (SSSR count). The molecule has 10 nitrogen and oxygen atoms in total. The van der Waals surface area contributed by atoms with Gasteiger partial charge in [0.1, 0.15) is 11.4 Å². The van der Waals surface area contributed by atoms with Gasteiger partial charge >= 0.3 is 34.7 Å². The summed E-state index contributed by atoms with van der Waals surface area (Å²) in [4.78, 5) is 8.24. The van der Waals surface area contributed by atoms with E-state index in [2.05, 4.69) is 41.0 Å². The molecule has 4 aromatic heterocycles. The van der Waals surface area contributed by atoms with Gasteiger partial charge in [-0.05, 0) is 45.1 Å². The number of aryl methyl sites for hydroxylation is 2. The topological polar surface area (TPSA) is 113 Å². The second kappa shape index (κ2) is 11.4. The Kier molecular flexibility index (Phi) is 8.84. The Morgan fingerprint density at radius 1 is 0.741 bits per heavy atom. The Bertz CT molecular complexity index is 840. The summed E-state index contributed by atoms with van der Waals surface area (Å²) in [5.41, 5.74) is 1.56. The third-order valence-electron chi connectivity index (χ3n) is 3.03. The molecule has 0 aromatic carbocycles. The Morgan fingerprint density at radius 2 is 1.15 bits per heavy atom. The molecule has 0 unspecified atom stereocenters. The molecule has 0 saturated heterocycles. The normalized spacial score (nSPS) is 9.78. The van der Waals surface area contributed by atoms with E-state index in [9.17, 15) is 0 Å². The molecule has 4 aromatic rings. The maximum absolute atomic E-state index is 4.90. The van der Waals surface area contributed by atoms with E-state index < -0.39 is 15.4 Å². The molecular formula is C14H14Cl2N10Os. The number of halogens is 2. The molecule has 0 N–H and O–H groups in total. The number of pyridine rings is 2. The second-order valence-electron chi connectivity index (χ2n) is 4.73. The SMILES string of the molecule is Cn1nnnc1-c1ccccn1.Cn1nnnc1-c1ccccn1.[Cl][Os][Cl]. The predicted octanol–water partition coefficient (Wildman–Crippen LogP) is 1.92. The summed E-state index contributed by atoms with van der Waals surface area (Å²) in [7, 11) is 13.4. The van der Waals surface area contributed by atoms with Gasteiger partial charge in [0, 0.05) is 26.5 Å². The number of nitrogens with zero attached hydrogens (tertiary/aromatic N) is 10. The molecule has 0 radical (unpaired) electrons. The number of rotatable bonds is 2. The Hall–Kier alpha value is -2.34. The minimum absolute atomic E-state index is 0.639. The number of hydrogen-bond donors (Lipinski definition) is 0. The zero-order valence-electron chi connectivity index (χ0n) is 14.2. The summed E-state index contributed by atoms with van der Waals surface area (Å²) in [6.45, 7) is 0. The van der Waals surface area contributed by atoms with Gasteiger partial charge in [-0.1, -0.05) is 12.1 Å². The Labute approximate surface area is 170 Å². The third-order valence-corrected chi connectivity index (χ3v) is 3.03. The Balaban J connectivity index is 0.000000170. The molecule has 0 aliphatic rings. The molecule has 0 atom stereocenters. The molecular weight excluding hydrogens is 569 g/mol. The van der Waals surface area contributed by atoms with E-state index in [0.717, 1.165) is 11.4 Å². The minimum atomic E-state index is -0.639. The van der Waals surface area contributed by atoms with Crippen molar-refractivity contribution in [2.45, 2.75) is 0 Å². The van der Waals surface area contributed by atoms with Crippen molar-refractivity contribution in [2.24, 2.45) is 14.1 Å². The standard InChI is InChI=1S/2C7H7N5.2ClH.Os/c2*1-12-7(9-10-11-12)6-4-2-3-5-8-6;;;/h2*2-5H,1H3;2*1H;/q;;;;+2/p-2. The van der Waals surface area contributed by atoms with E-state index >= 15 is 0 Å². The summed E-state index contributed by atoms with van der Waals surface area (Å²) in [5.74, 6) is 1.35. The van der Waals surface area contributed by atoms with Crippen LogP contribution in [0.3, 0.4) is 0 Å². The molecule has 27 heavy (non-hydrogen) atoms. The first-order valence-corrected chi connectivity index (χ1v) is 13.6. The zero-order chi connectivity index (χ0) is 19.5. The van der Waals surface area contributed by atoms with Crippen molar-refractivity contribution in [3.05, 3.63) is 48.8 Å². The van der Waals surface area contributed by atoms with Crippen molar-refractivity contribution in [3.8, 4) is 23.0 Å². The van der Waals surface area contributed by atoms with Gasteiger partial charge in [-0.25, -0.2) is 9.36 Å². The van der Waals surface area contributed by atoms with Crippen LogP contribution in [0.2, 0.25) is 0 Å². The van der Waals surface area contributed by atoms with Crippen molar-refractivity contribution in [1.29, 1.82) is 0 Å². The van der Waals surface area contributed by atoms with E-state index in [-0.39, 0.29) is 0 Å². The van der Waals surface area contributed by atoms with Crippen LogP contribution >= 0.6 is 19.3 Å². The fourth-order valence-corrected chi connectivity index (χ4v) is 1.88. The van der Waals surface area contributed by atoms with Crippen LogP contribution in [0.1, 0.15) is 0 Å². The average molecular weight is 583 g/mol. The van der Waals surface area contributed by atoms with Gasteiger partial charge in [0.25, 0.3) is 0 Å². The van der Waals surface area contributed by atoms with Crippen LogP contribution in [-0.4, -0.2) is 50.4 Å². The van der Waals surface area contributed by atoms with E-state index in [0.29, 0.717) is 11.6 Å². The number of hydrogen-bond acceptors (Lipinski definition) is 8. The molecule has 4 heterocycles. The molecule has 0 aliphatic heterocycles. The van der Waals surface area contributed by atoms with Crippen LogP contribution in [0.25, 0.3) is 23.0 Å². The summed E-state index contributed by atoms with van der Waals surface area (Å²) in [6, 6.07) is 11.2. The maximum atomic E-state index is 4.90. The molecule has 0 fully saturated rings. The van der Waals surface area contributed by atoms with E-state index in [1.54, 1.807) is 35.9 Å². The fourth-order valence-electron chi connectivity index (χ4n) is 1.88. The summed E-state index contributed by atoms with van der Waals surface area (Å²) >= 11 is -0.639. The molecule has 0 bridgehead atoms. The van der Waals surface area contributed by atoms with Gasteiger partial charge < -0.3 is 0 Å². The number of aromatic nitrogens is 10. The van der Waals surface area contributed by atoms with Crippen molar-refractivity contribution in [2.75, 3.05) is 0 Å². The van der Waals surface area contributed by atoms with Crippen LogP contribution in [0.5, 0.6) is 0 Å². The summed E-state index contributed by atoms with van der Waals surface area (Å²) in [6.07, 6.45) is 3.42. The first-order valence-electron chi connectivity index (χ1n) is 7.30. The van der Waals surface area contributed by atoms with Crippen LogP contribution < -0.4 is 0 Å². The van der Waals surface area contributed by atoms with Crippen LogP contribution in [0, 0.1) is 0 Å². The summed E-state index contributed by atoms with van der Waals surface area (Å²) < 4.78 is 3.17. The number of tetrazole rings is 2. The van der Waals surface area contributed by atoms with Gasteiger partial charge in [0.2, 0.25) is 0 Å².